The molecule has 10 heteroatoms. The van der Waals surface area contributed by atoms with E-state index in [1.54, 1.807) is 18.2 Å². The quantitative estimate of drug-likeness (QED) is 0.503. The predicted octanol–water partition coefficient (Wildman–Crippen LogP) is 3.08. The Hall–Kier alpha value is -3.07. The van der Waals surface area contributed by atoms with Crippen LogP contribution in [0.2, 0.25) is 5.02 Å². The van der Waals surface area contributed by atoms with Crippen molar-refractivity contribution in [3.63, 3.8) is 0 Å². The molecule has 3 amide bonds. The number of anilines is 4. The molecule has 1 saturated carbocycles. The van der Waals surface area contributed by atoms with Crippen LogP contribution in [0, 0.1) is 0 Å². The van der Waals surface area contributed by atoms with Crippen molar-refractivity contribution in [3.05, 3.63) is 35.0 Å². The number of halogens is 1. The Labute approximate surface area is 167 Å². The van der Waals surface area contributed by atoms with Gasteiger partial charge in [-0.3, -0.25) is 4.79 Å². The number of nitrogens with two attached hydrogens (primary N) is 1. The molecule has 1 aromatic carbocycles. The fourth-order valence-electron chi connectivity index (χ4n) is 3.01. The van der Waals surface area contributed by atoms with E-state index in [0.717, 1.165) is 25.7 Å². The minimum atomic E-state index is -0.587. The highest BCUT2D eigenvalue weighted by Gasteiger charge is 2.19. The minimum Gasteiger partial charge on any atom is -0.367 e. The van der Waals surface area contributed by atoms with Gasteiger partial charge in [-0.25, -0.2) is 9.78 Å². The Morgan fingerprint density at radius 1 is 1.25 bits per heavy atom. The van der Waals surface area contributed by atoms with E-state index in [-0.39, 0.29) is 17.6 Å². The standard InChI is InChI=1S/C18H22ClN7O2/c1-21-18(28)25-14-8-11(6-7-13(14)19)24-17-22-9-12(15(20)27)16(26-17)23-10-4-2-3-5-10/h6-10H,2-5H2,1H3,(H2,20,27)(H2,21,25,28)(H2,22,23,24,26). The largest absolute Gasteiger partial charge is 0.367 e. The normalized spacial score (nSPS) is 13.8. The molecule has 0 unspecified atom stereocenters. The monoisotopic (exact) mass is 403 g/mol. The summed E-state index contributed by atoms with van der Waals surface area (Å²) in [6.45, 7) is 0. The molecule has 3 rings (SSSR count). The van der Waals surface area contributed by atoms with Crippen LogP contribution in [0.3, 0.4) is 0 Å². The molecule has 1 aliphatic rings. The molecule has 1 fully saturated rings. The maximum atomic E-state index is 11.7. The zero-order chi connectivity index (χ0) is 20.1. The lowest BCUT2D eigenvalue weighted by molar-refractivity contribution is 0.100. The molecule has 0 bridgehead atoms. The summed E-state index contributed by atoms with van der Waals surface area (Å²) >= 11 is 6.11. The average molecular weight is 404 g/mol. The molecular weight excluding hydrogens is 382 g/mol. The third-order valence-corrected chi connectivity index (χ3v) is 4.78. The van der Waals surface area contributed by atoms with E-state index in [0.29, 0.717) is 28.2 Å². The number of hydrogen-bond donors (Lipinski definition) is 5. The van der Waals surface area contributed by atoms with Crippen LogP contribution in [-0.4, -0.2) is 35.0 Å². The first-order valence-corrected chi connectivity index (χ1v) is 9.32. The van der Waals surface area contributed by atoms with Crippen LogP contribution >= 0.6 is 11.6 Å². The molecule has 0 saturated heterocycles. The number of urea groups is 1. The van der Waals surface area contributed by atoms with Crippen molar-refractivity contribution in [2.45, 2.75) is 31.7 Å². The molecule has 1 heterocycles. The van der Waals surface area contributed by atoms with Gasteiger partial charge < -0.3 is 27.0 Å². The topological polar surface area (TPSA) is 134 Å². The highest BCUT2D eigenvalue weighted by molar-refractivity contribution is 6.33. The van der Waals surface area contributed by atoms with E-state index in [9.17, 15) is 9.59 Å². The van der Waals surface area contributed by atoms with E-state index >= 15 is 0 Å². The number of aromatic nitrogens is 2. The van der Waals surface area contributed by atoms with Gasteiger partial charge in [-0.1, -0.05) is 24.4 Å². The van der Waals surface area contributed by atoms with Crippen molar-refractivity contribution in [2.75, 3.05) is 23.0 Å². The van der Waals surface area contributed by atoms with E-state index in [1.165, 1.54) is 13.2 Å². The number of hydrogen-bond acceptors (Lipinski definition) is 6. The Bertz CT molecular complexity index is 884. The fraction of sp³-hybridized carbons (Fsp3) is 0.333. The average Bonchev–Trinajstić information content (AvgIpc) is 3.17. The third kappa shape index (κ3) is 4.80. The van der Waals surface area contributed by atoms with Crippen molar-refractivity contribution >= 4 is 46.7 Å². The lowest BCUT2D eigenvalue weighted by Gasteiger charge is -2.16. The van der Waals surface area contributed by atoms with Gasteiger partial charge in [-0.15, -0.1) is 0 Å². The van der Waals surface area contributed by atoms with Crippen molar-refractivity contribution in [1.29, 1.82) is 0 Å². The second kappa shape index (κ2) is 8.75. The van der Waals surface area contributed by atoms with E-state index in [2.05, 4.69) is 31.2 Å². The molecule has 9 nitrogen and oxygen atoms in total. The zero-order valence-corrected chi connectivity index (χ0v) is 16.1. The summed E-state index contributed by atoms with van der Waals surface area (Å²) in [4.78, 5) is 31.8. The van der Waals surface area contributed by atoms with Crippen molar-refractivity contribution in [2.24, 2.45) is 5.73 Å². The number of amides is 3. The molecule has 1 aliphatic carbocycles. The van der Waals surface area contributed by atoms with E-state index < -0.39 is 5.91 Å². The van der Waals surface area contributed by atoms with Gasteiger partial charge in [0.1, 0.15) is 5.82 Å². The van der Waals surface area contributed by atoms with Crippen LogP contribution in [0.5, 0.6) is 0 Å². The summed E-state index contributed by atoms with van der Waals surface area (Å²) in [6, 6.07) is 4.91. The lowest BCUT2D eigenvalue weighted by atomic mass is 10.2. The Morgan fingerprint density at radius 2 is 2.00 bits per heavy atom. The van der Waals surface area contributed by atoms with E-state index in [1.807, 2.05) is 0 Å². The zero-order valence-electron chi connectivity index (χ0n) is 15.4. The smallest absolute Gasteiger partial charge is 0.319 e. The van der Waals surface area contributed by atoms with Crippen LogP contribution in [0.25, 0.3) is 0 Å². The summed E-state index contributed by atoms with van der Waals surface area (Å²) in [6.07, 6.45) is 5.74. The van der Waals surface area contributed by atoms with Crippen molar-refractivity contribution in [1.82, 2.24) is 15.3 Å². The number of nitrogens with zero attached hydrogens (tertiary/aromatic N) is 2. The predicted molar refractivity (Wildman–Crippen MR) is 109 cm³/mol. The van der Waals surface area contributed by atoms with Crippen molar-refractivity contribution in [3.8, 4) is 0 Å². The number of benzene rings is 1. The molecule has 28 heavy (non-hydrogen) atoms. The summed E-state index contributed by atoms with van der Waals surface area (Å²) < 4.78 is 0. The van der Waals surface area contributed by atoms with Gasteiger partial charge in [0.2, 0.25) is 5.95 Å². The first kappa shape index (κ1) is 19.7. The molecule has 6 N–H and O–H groups in total. The maximum absolute atomic E-state index is 11.7. The Balaban J connectivity index is 1.82. The maximum Gasteiger partial charge on any atom is 0.319 e. The molecule has 1 aromatic heterocycles. The van der Waals surface area contributed by atoms with Crippen LogP contribution in [-0.2, 0) is 0 Å². The third-order valence-electron chi connectivity index (χ3n) is 4.45. The van der Waals surface area contributed by atoms with Crippen LogP contribution < -0.4 is 27.0 Å². The lowest BCUT2D eigenvalue weighted by Crippen LogP contribution is -2.24. The van der Waals surface area contributed by atoms with Crippen LogP contribution in [0.1, 0.15) is 36.0 Å². The molecular formula is C18H22ClN7O2. The molecule has 0 aliphatic heterocycles. The van der Waals surface area contributed by atoms with Crippen molar-refractivity contribution < 1.29 is 9.59 Å². The number of carbonyl (C=O) groups is 2. The van der Waals surface area contributed by atoms with Gasteiger partial charge in [-0.05, 0) is 31.0 Å². The summed E-state index contributed by atoms with van der Waals surface area (Å²) in [5, 5.41) is 11.8. The first-order valence-electron chi connectivity index (χ1n) is 8.95. The highest BCUT2D eigenvalue weighted by atomic mass is 35.5. The van der Waals surface area contributed by atoms with Gasteiger partial charge in [0.25, 0.3) is 5.91 Å². The van der Waals surface area contributed by atoms with Gasteiger partial charge in [0, 0.05) is 25.0 Å². The van der Waals surface area contributed by atoms with Crippen LogP contribution in [0.4, 0.5) is 27.9 Å². The summed E-state index contributed by atoms with van der Waals surface area (Å²) in [7, 11) is 1.51. The summed E-state index contributed by atoms with van der Waals surface area (Å²) in [5.74, 6) is 0.115. The second-order valence-corrected chi connectivity index (χ2v) is 6.88. The van der Waals surface area contributed by atoms with Gasteiger partial charge in [0.05, 0.1) is 16.3 Å². The van der Waals surface area contributed by atoms with E-state index in [4.69, 9.17) is 17.3 Å². The van der Waals surface area contributed by atoms with Gasteiger partial charge in [0.15, 0.2) is 0 Å². The summed E-state index contributed by atoms with van der Waals surface area (Å²) in [5.41, 5.74) is 6.75. The molecule has 0 atom stereocenters. The molecule has 0 spiro atoms. The highest BCUT2D eigenvalue weighted by Crippen LogP contribution is 2.28. The minimum absolute atomic E-state index is 0.246. The molecule has 148 valence electrons. The first-order chi connectivity index (χ1) is 13.5. The SMILES string of the molecule is CNC(=O)Nc1cc(Nc2ncc(C(N)=O)c(NC3CCCC3)n2)ccc1Cl. The molecule has 2 aromatic rings. The fourth-order valence-corrected chi connectivity index (χ4v) is 3.17. The Morgan fingerprint density at radius 3 is 2.68 bits per heavy atom. The van der Waals surface area contributed by atoms with Gasteiger partial charge >= 0.3 is 6.03 Å². The van der Waals surface area contributed by atoms with Gasteiger partial charge in [-0.2, -0.15) is 4.98 Å². The number of carbonyl (C=O) groups excluding carboxylic acids is 2. The van der Waals surface area contributed by atoms with Crippen LogP contribution in [0.15, 0.2) is 24.4 Å². The molecule has 0 radical (unpaired) electrons. The number of primary amides is 1. The second-order valence-electron chi connectivity index (χ2n) is 6.47. The Kier molecular flexibility index (Phi) is 6.15. The number of nitrogens with one attached hydrogen (secondary N) is 4. The number of rotatable bonds is 6.